The van der Waals surface area contributed by atoms with Gasteiger partial charge in [0.25, 0.3) is 0 Å². The van der Waals surface area contributed by atoms with Crippen molar-refractivity contribution in [1.29, 1.82) is 0 Å². The number of carbonyl (C=O) groups is 2. The zero-order valence-electron chi connectivity index (χ0n) is 16.6. The Balaban J connectivity index is 1.50. The molecule has 0 fully saturated rings. The van der Waals surface area contributed by atoms with E-state index in [0.717, 1.165) is 29.8 Å². The van der Waals surface area contributed by atoms with Gasteiger partial charge in [-0.25, -0.2) is 5.43 Å². The van der Waals surface area contributed by atoms with Crippen molar-refractivity contribution in [3.63, 3.8) is 0 Å². The molecule has 0 saturated heterocycles. The van der Waals surface area contributed by atoms with E-state index in [9.17, 15) is 22.8 Å². The van der Waals surface area contributed by atoms with Crippen LogP contribution in [0.5, 0.6) is 5.75 Å². The Labute approximate surface area is 181 Å². The smallest absolute Gasteiger partial charge is 0.416 e. The van der Waals surface area contributed by atoms with Crippen molar-refractivity contribution >= 4 is 23.7 Å². The first-order valence-electron chi connectivity index (χ1n) is 9.40. The number of ether oxygens (including phenoxy) is 1. The molecule has 2 N–H and O–H groups in total. The molecule has 0 aromatic heterocycles. The average molecular weight is 441 g/mol. The van der Waals surface area contributed by atoms with E-state index in [-0.39, 0.29) is 5.69 Å². The minimum Gasteiger partial charge on any atom is -0.489 e. The maximum absolute atomic E-state index is 12.6. The highest BCUT2D eigenvalue weighted by atomic mass is 19.4. The summed E-state index contributed by atoms with van der Waals surface area (Å²) in [5.41, 5.74) is 2.88. The first-order chi connectivity index (χ1) is 15.3. The van der Waals surface area contributed by atoms with Crippen molar-refractivity contribution in [1.82, 2.24) is 5.43 Å². The van der Waals surface area contributed by atoms with Crippen LogP contribution in [0.3, 0.4) is 0 Å². The second kappa shape index (κ2) is 10.3. The average Bonchev–Trinajstić information content (AvgIpc) is 2.78. The van der Waals surface area contributed by atoms with Crippen LogP contribution in [0.25, 0.3) is 0 Å². The standard InChI is InChI=1S/C23H18F3N3O3/c24-23(25,26)18-9-11-19(12-10-18)28-21(30)22(31)29-27-14-17-7-4-8-20(13-17)32-15-16-5-2-1-3-6-16/h1-14H,15H2,(H,28,30)(H,29,31)/b27-14+. The minimum absolute atomic E-state index is 0.0467. The Morgan fingerprint density at radius 2 is 1.62 bits per heavy atom. The summed E-state index contributed by atoms with van der Waals surface area (Å²) < 4.78 is 43.4. The number of nitrogens with one attached hydrogen (secondary N) is 2. The molecular formula is C23H18F3N3O3. The number of anilines is 1. The number of benzene rings is 3. The molecule has 0 aliphatic carbocycles. The molecule has 3 rings (SSSR count). The lowest BCUT2D eigenvalue weighted by atomic mass is 10.2. The van der Waals surface area contributed by atoms with Crippen LogP contribution in [0.2, 0.25) is 0 Å². The van der Waals surface area contributed by atoms with Gasteiger partial charge in [-0.3, -0.25) is 9.59 Å². The molecule has 0 aliphatic heterocycles. The Morgan fingerprint density at radius 3 is 2.31 bits per heavy atom. The quantitative estimate of drug-likeness (QED) is 0.339. The van der Waals surface area contributed by atoms with Crippen LogP contribution in [0.1, 0.15) is 16.7 Å². The Kier molecular flexibility index (Phi) is 7.22. The fourth-order valence-corrected chi connectivity index (χ4v) is 2.57. The summed E-state index contributed by atoms with van der Waals surface area (Å²) >= 11 is 0. The van der Waals surface area contributed by atoms with Gasteiger partial charge in [-0.05, 0) is 47.5 Å². The van der Waals surface area contributed by atoms with E-state index in [2.05, 4.69) is 15.8 Å². The van der Waals surface area contributed by atoms with Crippen molar-refractivity contribution in [2.45, 2.75) is 12.8 Å². The van der Waals surface area contributed by atoms with Crippen LogP contribution in [-0.4, -0.2) is 18.0 Å². The molecule has 0 spiro atoms. The number of alkyl halides is 3. The van der Waals surface area contributed by atoms with Gasteiger partial charge >= 0.3 is 18.0 Å². The number of carbonyl (C=O) groups excluding carboxylic acids is 2. The monoisotopic (exact) mass is 441 g/mol. The molecule has 164 valence electrons. The number of hydrogen-bond donors (Lipinski definition) is 2. The van der Waals surface area contributed by atoms with Crippen LogP contribution < -0.4 is 15.5 Å². The number of hydrogen-bond acceptors (Lipinski definition) is 4. The number of nitrogens with zero attached hydrogens (tertiary/aromatic N) is 1. The normalized spacial score (nSPS) is 11.2. The predicted molar refractivity (Wildman–Crippen MR) is 113 cm³/mol. The highest BCUT2D eigenvalue weighted by Crippen LogP contribution is 2.29. The second-order valence-electron chi connectivity index (χ2n) is 6.58. The molecule has 0 atom stereocenters. The zero-order valence-corrected chi connectivity index (χ0v) is 16.6. The van der Waals surface area contributed by atoms with Crippen molar-refractivity contribution in [3.05, 3.63) is 95.6 Å². The van der Waals surface area contributed by atoms with Crippen LogP contribution in [0, 0.1) is 0 Å². The summed E-state index contributed by atoms with van der Waals surface area (Å²) in [5, 5.41) is 5.92. The maximum atomic E-state index is 12.6. The molecule has 0 aliphatic rings. The molecular weight excluding hydrogens is 423 g/mol. The molecule has 6 nitrogen and oxygen atoms in total. The molecule has 0 unspecified atom stereocenters. The molecule has 2 amide bonds. The lowest BCUT2D eigenvalue weighted by molar-refractivity contribution is -0.137. The van der Waals surface area contributed by atoms with Gasteiger partial charge in [0.2, 0.25) is 0 Å². The molecule has 3 aromatic rings. The van der Waals surface area contributed by atoms with E-state index in [4.69, 9.17) is 4.74 Å². The van der Waals surface area contributed by atoms with Gasteiger partial charge < -0.3 is 10.1 Å². The number of hydrazone groups is 1. The van der Waals surface area contributed by atoms with Gasteiger partial charge in [0.15, 0.2) is 0 Å². The SMILES string of the molecule is O=C(N/N=C/c1cccc(OCc2ccccc2)c1)C(=O)Nc1ccc(C(F)(F)F)cc1. The van der Waals surface area contributed by atoms with Crippen molar-refractivity contribution in [3.8, 4) is 5.75 Å². The maximum Gasteiger partial charge on any atom is 0.416 e. The highest BCUT2D eigenvalue weighted by Gasteiger charge is 2.30. The fraction of sp³-hybridized carbons (Fsp3) is 0.0870. The van der Waals surface area contributed by atoms with E-state index >= 15 is 0 Å². The highest BCUT2D eigenvalue weighted by molar-refractivity contribution is 6.39. The van der Waals surface area contributed by atoms with Crippen molar-refractivity contribution < 1.29 is 27.5 Å². The van der Waals surface area contributed by atoms with Crippen LogP contribution >= 0.6 is 0 Å². The van der Waals surface area contributed by atoms with E-state index in [1.807, 2.05) is 30.3 Å². The largest absolute Gasteiger partial charge is 0.489 e. The van der Waals surface area contributed by atoms with Crippen molar-refractivity contribution in [2.75, 3.05) is 5.32 Å². The summed E-state index contributed by atoms with van der Waals surface area (Å²) in [6, 6.07) is 20.3. The van der Waals surface area contributed by atoms with E-state index in [1.54, 1.807) is 24.3 Å². The van der Waals surface area contributed by atoms with Crippen LogP contribution in [0.15, 0.2) is 84.0 Å². The van der Waals surface area contributed by atoms with Crippen molar-refractivity contribution in [2.24, 2.45) is 5.10 Å². The van der Waals surface area contributed by atoms with Gasteiger partial charge in [-0.15, -0.1) is 0 Å². The summed E-state index contributed by atoms with van der Waals surface area (Å²) in [7, 11) is 0. The Hall–Kier alpha value is -4.14. The molecule has 32 heavy (non-hydrogen) atoms. The summed E-state index contributed by atoms with van der Waals surface area (Å²) in [6.45, 7) is 0.391. The summed E-state index contributed by atoms with van der Waals surface area (Å²) in [6.07, 6.45) is -3.16. The third-order valence-electron chi connectivity index (χ3n) is 4.16. The first-order valence-corrected chi connectivity index (χ1v) is 9.40. The number of rotatable bonds is 6. The van der Waals surface area contributed by atoms with Gasteiger partial charge in [0.05, 0.1) is 11.8 Å². The van der Waals surface area contributed by atoms with Gasteiger partial charge in [-0.2, -0.15) is 18.3 Å². The zero-order chi connectivity index (χ0) is 23.0. The van der Waals surface area contributed by atoms with Crippen LogP contribution in [0.4, 0.5) is 18.9 Å². The topological polar surface area (TPSA) is 79.8 Å². The predicted octanol–water partition coefficient (Wildman–Crippen LogP) is 4.37. The van der Waals surface area contributed by atoms with E-state index < -0.39 is 23.6 Å². The van der Waals surface area contributed by atoms with E-state index in [0.29, 0.717) is 17.9 Å². The molecule has 3 aromatic carbocycles. The molecule has 9 heteroatoms. The van der Waals surface area contributed by atoms with Gasteiger partial charge in [-0.1, -0.05) is 42.5 Å². The molecule has 0 heterocycles. The fourth-order valence-electron chi connectivity index (χ4n) is 2.57. The Bertz CT molecular complexity index is 1100. The van der Waals surface area contributed by atoms with E-state index in [1.165, 1.54) is 6.21 Å². The Morgan fingerprint density at radius 1 is 0.906 bits per heavy atom. The summed E-state index contributed by atoms with van der Waals surface area (Å²) in [5.74, 6) is -1.54. The third-order valence-corrected chi connectivity index (χ3v) is 4.16. The van der Waals surface area contributed by atoms with Crippen LogP contribution in [-0.2, 0) is 22.4 Å². The van der Waals surface area contributed by atoms with Gasteiger partial charge in [0.1, 0.15) is 12.4 Å². The molecule has 0 bridgehead atoms. The summed E-state index contributed by atoms with van der Waals surface area (Å²) in [4.78, 5) is 23.7. The first kappa shape index (κ1) is 22.5. The number of halogens is 3. The molecule has 0 radical (unpaired) electrons. The lowest BCUT2D eigenvalue weighted by Crippen LogP contribution is -2.32. The van der Waals surface area contributed by atoms with Gasteiger partial charge in [0, 0.05) is 5.69 Å². The third kappa shape index (κ3) is 6.69. The molecule has 0 saturated carbocycles. The second-order valence-corrected chi connectivity index (χ2v) is 6.58. The minimum atomic E-state index is -4.49. The lowest BCUT2D eigenvalue weighted by Gasteiger charge is -2.08. The number of amides is 2.